The van der Waals surface area contributed by atoms with Crippen molar-refractivity contribution in [1.29, 1.82) is 0 Å². The summed E-state index contributed by atoms with van der Waals surface area (Å²) in [6, 6.07) is 0. The molecule has 2 heteroatoms. The van der Waals surface area contributed by atoms with Crippen molar-refractivity contribution in [2.24, 2.45) is 5.92 Å². The van der Waals surface area contributed by atoms with Gasteiger partial charge in [0.2, 0.25) is 0 Å². The molecule has 10 heavy (non-hydrogen) atoms. The Morgan fingerprint density at radius 3 is 2.40 bits per heavy atom. The molecular weight excluding hydrogens is 148 g/mol. The molecule has 0 saturated heterocycles. The van der Waals surface area contributed by atoms with Crippen LogP contribution in [0.2, 0.25) is 0 Å². The summed E-state index contributed by atoms with van der Waals surface area (Å²) in [5.74, 6) is 0.739. The quantitative estimate of drug-likeness (QED) is 0.456. The standard InChI is InChI=1S/C8H13ClO/c1-6(2)4-8(10)7(3)5-9/h6H,3-5H2,1-2H3. The molecule has 1 nitrogen and oxygen atoms in total. The summed E-state index contributed by atoms with van der Waals surface area (Å²) in [6.45, 7) is 7.54. The Kier molecular flexibility index (Phi) is 4.37. The van der Waals surface area contributed by atoms with E-state index in [1.54, 1.807) is 0 Å². The van der Waals surface area contributed by atoms with Crippen molar-refractivity contribution < 1.29 is 4.79 Å². The molecule has 0 aliphatic rings. The van der Waals surface area contributed by atoms with Crippen LogP contribution in [0.4, 0.5) is 0 Å². The molecule has 0 atom stereocenters. The number of halogens is 1. The first-order valence-corrected chi connectivity index (χ1v) is 3.88. The van der Waals surface area contributed by atoms with Gasteiger partial charge in [0.25, 0.3) is 0 Å². The molecule has 0 aromatic heterocycles. The average molecular weight is 161 g/mol. The second-order valence-electron chi connectivity index (χ2n) is 2.76. The minimum absolute atomic E-state index is 0.0880. The van der Waals surface area contributed by atoms with E-state index in [9.17, 15) is 4.79 Å². The van der Waals surface area contributed by atoms with Crippen LogP contribution in [0, 0.1) is 5.92 Å². The van der Waals surface area contributed by atoms with Crippen LogP contribution in [0.5, 0.6) is 0 Å². The smallest absolute Gasteiger partial charge is 0.159 e. The van der Waals surface area contributed by atoms with E-state index in [0.717, 1.165) is 0 Å². The zero-order chi connectivity index (χ0) is 8.15. The van der Waals surface area contributed by atoms with Gasteiger partial charge in [-0.2, -0.15) is 0 Å². The number of allylic oxidation sites excluding steroid dienone is 1. The average Bonchev–Trinajstić information content (AvgIpc) is 1.85. The predicted octanol–water partition coefficient (Wildman–Crippen LogP) is 2.40. The van der Waals surface area contributed by atoms with Crippen LogP contribution in [0.15, 0.2) is 12.2 Å². The van der Waals surface area contributed by atoms with Crippen LogP contribution in [0.25, 0.3) is 0 Å². The molecular formula is C8H13ClO. The van der Waals surface area contributed by atoms with Crippen LogP contribution < -0.4 is 0 Å². The minimum atomic E-state index is 0.0880. The van der Waals surface area contributed by atoms with Gasteiger partial charge in [0.1, 0.15) is 0 Å². The van der Waals surface area contributed by atoms with E-state index in [-0.39, 0.29) is 11.7 Å². The molecule has 0 heterocycles. The zero-order valence-electron chi connectivity index (χ0n) is 6.48. The van der Waals surface area contributed by atoms with E-state index in [1.807, 2.05) is 13.8 Å². The summed E-state index contributed by atoms with van der Waals surface area (Å²) in [7, 11) is 0. The van der Waals surface area contributed by atoms with Crippen LogP contribution in [0.1, 0.15) is 20.3 Å². The second kappa shape index (κ2) is 4.51. The van der Waals surface area contributed by atoms with Gasteiger partial charge in [-0.3, -0.25) is 4.79 Å². The summed E-state index contributed by atoms with van der Waals surface area (Å²) in [5, 5.41) is 0. The molecule has 0 N–H and O–H groups in total. The van der Waals surface area contributed by atoms with Crippen molar-refractivity contribution in [3.8, 4) is 0 Å². The van der Waals surface area contributed by atoms with Gasteiger partial charge in [-0.15, -0.1) is 11.6 Å². The molecule has 0 amide bonds. The Morgan fingerprint density at radius 2 is 2.10 bits per heavy atom. The molecule has 0 radical (unpaired) electrons. The normalized spacial score (nSPS) is 10.0. The summed E-state index contributed by atoms with van der Waals surface area (Å²) < 4.78 is 0. The van der Waals surface area contributed by atoms with E-state index in [2.05, 4.69) is 6.58 Å². The summed E-state index contributed by atoms with van der Waals surface area (Å²) in [6.07, 6.45) is 0.561. The molecule has 0 spiro atoms. The molecule has 58 valence electrons. The third-order valence-corrected chi connectivity index (χ3v) is 1.47. The molecule has 0 aromatic carbocycles. The van der Waals surface area contributed by atoms with Gasteiger partial charge in [0, 0.05) is 12.0 Å². The highest BCUT2D eigenvalue weighted by molar-refractivity contribution is 6.22. The van der Waals surface area contributed by atoms with Gasteiger partial charge >= 0.3 is 0 Å². The van der Waals surface area contributed by atoms with Gasteiger partial charge in [-0.05, 0) is 5.92 Å². The highest BCUT2D eigenvalue weighted by Crippen LogP contribution is 2.06. The zero-order valence-corrected chi connectivity index (χ0v) is 7.24. The number of carbonyl (C=O) groups is 1. The lowest BCUT2D eigenvalue weighted by Crippen LogP contribution is -2.05. The van der Waals surface area contributed by atoms with Gasteiger partial charge in [0.15, 0.2) is 5.78 Å². The maximum atomic E-state index is 11.0. The minimum Gasteiger partial charge on any atom is -0.295 e. The van der Waals surface area contributed by atoms with Crippen LogP contribution in [0.3, 0.4) is 0 Å². The van der Waals surface area contributed by atoms with Gasteiger partial charge in [-0.1, -0.05) is 20.4 Å². The Labute approximate surface area is 67.1 Å². The van der Waals surface area contributed by atoms with E-state index in [1.165, 1.54) is 0 Å². The van der Waals surface area contributed by atoms with Crippen LogP contribution >= 0.6 is 11.6 Å². The molecule has 0 aliphatic heterocycles. The Hall–Kier alpha value is -0.300. The lowest BCUT2D eigenvalue weighted by Gasteiger charge is -2.02. The largest absolute Gasteiger partial charge is 0.295 e. The highest BCUT2D eigenvalue weighted by atomic mass is 35.5. The number of carbonyl (C=O) groups excluding carboxylic acids is 1. The first kappa shape index (κ1) is 9.70. The molecule has 0 aromatic rings. The number of hydrogen-bond acceptors (Lipinski definition) is 1. The van der Waals surface area contributed by atoms with Crippen molar-refractivity contribution in [1.82, 2.24) is 0 Å². The summed E-state index contributed by atoms with van der Waals surface area (Å²) >= 11 is 5.41. The summed E-state index contributed by atoms with van der Waals surface area (Å²) in [5.41, 5.74) is 0.523. The van der Waals surface area contributed by atoms with E-state index in [0.29, 0.717) is 17.9 Å². The number of hydrogen-bond donors (Lipinski definition) is 0. The maximum absolute atomic E-state index is 11.0. The second-order valence-corrected chi connectivity index (χ2v) is 3.03. The molecule has 0 unspecified atom stereocenters. The Bertz CT molecular complexity index is 138. The Morgan fingerprint density at radius 1 is 1.60 bits per heavy atom. The van der Waals surface area contributed by atoms with Crippen LogP contribution in [-0.4, -0.2) is 11.7 Å². The number of ketones is 1. The SMILES string of the molecule is C=C(CCl)C(=O)CC(C)C. The molecule has 0 fully saturated rings. The fourth-order valence-electron chi connectivity index (χ4n) is 0.590. The predicted molar refractivity (Wildman–Crippen MR) is 44.3 cm³/mol. The van der Waals surface area contributed by atoms with Crippen molar-refractivity contribution in [2.45, 2.75) is 20.3 Å². The van der Waals surface area contributed by atoms with Gasteiger partial charge in [0.05, 0.1) is 5.88 Å². The fraction of sp³-hybridized carbons (Fsp3) is 0.625. The van der Waals surface area contributed by atoms with E-state index < -0.39 is 0 Å². The van der Waals surface area contributed by atoms with Gasteiger partial charge in [-0.25, -0.2) is 0 Å². The molecule has 0 rings (SSSR count). The van der Waals surface area contributed by atoms with Crippen LogP contribution in [-0.2, 0) is 4.79 Å². The van der Waals surface area contributed by atoms with Crippen molar-refractivity contribution in [3.63, 3.8) is 0 Å². The number of alkyl halides is 1. The fourth-order valence-corrected chi connectivity index (χ4v) is 0.739. The first-order chi connectivity index (χ1) is 4.57. The lowest BCUT2D eigenvalue weighted by atomic mass is 10.0. The molecule has 0 bridgehead atoms. The molecule has 0 saturated carbocycles. The van der Waals surface area contributed by atoms with Crippen molar-refractivity contribution in [2.75, 3.05) is 5.88 Å². The lowest BCUT2D eigenvalue weighted by molar-refractivity contribution is -0.116. The topological polar surface area (TPSA) is 17.1 Å². The van der Waals surface area contributed by atoms with Crippen molar-refractivity contribution >= 4 is 17.4 Å². The first-order valence-electron chi connectivity index (χ1n) is 3.34. The molecule has 0 aliphatic carbocycles. The summed E-state index contributed by atoms with van der Waals surface area (Å²) in [4.78, 5) is 11.0. The van der Waals surface area contributed by atoms with E-state index >= 15 is 0 Å². The highest BCUT2D eigenvalue weighted by Gasteiger charge is 2.07. The monoisotopic (exact) mass is 160 g/mol. The number of Topliss-reactive ketones (excluding diaryl/α,β-unsaturated/α-hetero) is 1. The van der Waals surface area contributed by atoms with E-state index in [4.69, 9.17) is 11.6 Å². The third-order valence-electron chi connectivity index (χ3n) is 1.15. The number of rotatable bonds is 4. The van der Waals surface area contributed by atoms with Crippen molar-refractivity contribution in [3.05, 3.63) is 12.2 Å². The van der Waals surface area contributed by atoms with Gasteiger partial charge < -0.3 is 0 Å². The third kappa shape index (κ3) is 3.67. The Balaban J connectivity index is 3.74. The maximum Gasteiger partial charge on any atom is 0.159 e.